The summed E-state index contributed by atoms with van der Waals surface area (Å²) in [6.07, 6.45) is 6.02. The van der Waals surface area contributed by atoms with Gasteiger partial charge in [-0.2, -0.15) is 0 Å². The molecule has 0 aromatic carbocycles. The van der Waals surface area contributed by atoms with Crippen LogP contribution in [0.15, 0.2) is 29.4 Å². The summed E-state index contributed by atoms with van der Waals surface area (Å²) in [6, 6.07) is 0. The molecule has 10 heavy (non-hydrogen) atoms. The van der Waals surface area contributed by atoms with Gasteiger partial charge in [-0.15, -0.1) is 6.58 Å². The molecule has 0 spiro atoms. The second-order valence-corrected chi connectivity index (χ2v) is 1.77. The van der Waals surface area contributed by atoms with Gasteiger partial charge in [0.05, 0.1) is 12.3 Å². The average molecular weight is 139 g/mol. The molecule has 56 valence electrons. The van der Waals surface area contributed by atoms with Crippen LogP contribution >= 0.6 is 0 Å². The van der Waals surface area contributed by atoms with Crippen LogP contribution in [0, 0.1) is 0 Å². The lowest BCUT2D eigenvalue weighted by Crippen LogP contribution is -1.85. The number of hydrogen-bond acceptors (Lipinski definition) is 2. The van der Waals surface area contributed by atoms with Crippen molar-refractivity contribution in [2.24, 2.45) is 4.99 Å². The summed E-state index contributed by atoms with van der Waals surface area (Å²) in [5.41, 5.74) is 0.697. The zero-order chi connectivity index (χ0) is 7.82. The number of rotatable bonds is 4. The fourth-order valence-electron chi connectivity index (χ4n) is 0.543. The number of hydrogen-bond donors (Lipinski definition) is 1. The number of nitrogens with zero attached hydrogens (tertiary/aromatic N) is 1. The Morgan fingerprint density at radius 3 is 2.80 bits per heavy atom. The van der Waals surface area contributed by atoms with Gasteiger partial charge in [-0.05, 0) is 13.3 Å². The van der Waals surface area contributed by atoms with Crippen LogP contribution in [0.25, 0.3) is 0 Å². The van der Waals surface area contributed by atoms with E-state index in [4.69, 9.17) is 5.11 Å². The van der Waals surface area contributed by atoms with Crippen molar-refractivity contribution in [3.05, 3.63) is 24.4 Å². The van der Waals surface area contributed by atoms with Crippen molar-refractivity contribution in [2.45, 2.75) is 13.3 Å². The monoisotopic (exact) mass is 139 g/mol. The van der Waals surface area contributed by atoms with E-state index >= 15 is 0 Å². The molecule has 0 radical (unpaired) electrons. The molecule has 0 bridgehead atoms. The first-order valence-electron chi connectivity index (χ1n) is 3.24. The van der Waals surface area contributed by atoms with Gasteiger partial charge in [0.1, 0.15) is 0 Å². The lowest BCUT2D eigenvalue weighted by Gasteiger charge is -1.92. The van der Waals surface area contributed by atoms with Crippen LogP contribution in [0.1, 0.15) is 13.3 Å². The van der Waals surface area contributed by atoms with Crippen molar-refractivity contribution in [3.63, 3.8) is 0 Å². The number of aliphatic hydroxyl groups is 1. The minimum Gasteiger partial charge on any atom is -0.390 e. The van der Waals surface area contributed by atoms with Crippen molar-refractivity contribution >= 4 is 6.21 Å². The van der Waals surface area contributed by atoms with Gasteiger partial charge in [0, 0.05) is 6.21 Å². The Morgan fingerprint density at radius 1 is 1.70 bits per heavy atom. The lowest BCUT2D eigenvalue weighted by molar-refractivity contribution is 0.329. The molecular weight excluding hydrogens is 126 g/mol. The van der Waals surface area contributed by atoms with Gasteiger partial charge in [-0.25, -0.2) is 0 Å². The van der Waals surface area contributed by atoms with E-state index in [2.05, 4.69) is 11.6 Å². The number of aliphatic hydroxyl groups excluding tert-OH is 1. The molecule has 0 unspecified atom stereocenters. The first-order valence-corrected chi connectivity index (χ1v) is 3.24. The molecule has 0 saturated heterocycles. The van der Waals surface area contributed by atoms with Crippen LogP contribution in [0.4, 0.5) is 0 Å². The maximum Gasteiger partial charge on any atom is 0.0849 e. The molecule has 0 aromatic rings. The third kappa shape index (κ3) is 4.04. The van der Waals surface area contributed by atoms with Gasteiger partial charge in [0.2, 0.25) is 0 Å². The predicted molar refractivity (Wildman–Crippen MR) is 44.1 cm³/mol. The van der Waals surface area contributed by atoms with E-state index in [1.807, 2.05) is 13.0 Å². The van der Waals surface area contributed by atoms with Crippen LogP contribution in [-0.2, 0) is 0 Å². The first-order chi connectivity index (χ1) is 4.85. The number of aliphatic imine (C=N–C) groups is 1. The van der Waals surface area contributed by atoms with Gasteiger partial charge in [-0.1, -0.05) is 12.2 Å². The summed E-state index contributed by atoms with van der Waals surface area (Å²) >= 11 is 0. The Labute approximate surface area is 61.6 Å². The highest BCUT2D eigenvalue weighted by molar-refractivity contribution is 5.55. The van der Waals surface area contributed by atoms with Crippen LogP contribution in [-0.4, -0.2) is 17.9 Å². The zero-order valence-electron chi connectivity index (χ0n) is 6.25. The zero-order valence-corrected chi connectivity index (χ0v) is 6.25. The van der Waals surface area contributed by atoms with Gasteiger partial charge in [0.15, 0.2) is 0 Å². The van der Waals surface area contributed by atoms with E-state index in [0.29, 0.717) is 5.70 Å². The molecule has 2 heteroatoms. The van der Waals surface area contributed by atoms with E-state index in [9.17, 15) is 0 Å². The van der Waals surface area contributed by atoms with E-state index in [0.717, 1.165) is 6.42 Å². The average Bonchev–Trinajstić information content (AvgIpc) is 1.98. The van der Waals surface area contributed by atoms with Gasteiger partial charge < -0.3 is 5.11 Å². The highest BCUT2D eigenvalue weighted by Gasteiger charge is 1.85. The largest absolute Gasteiger partial charge is 0.390 e. The first kappa shape index (κ1) is 9.11. The minimum atomic E-state index is -0.00181. The normalized spacial score (nSPS) is 12.4. The maximum absolute atomic E-state index is 8.67. The second kappa shape index (κ2) is 6.23. The van der Waals surface area contributed by atoms with Crippen molar-refractivity contribution in [1.29, 1.82) is 0 Å². The van der Waals surface area contributed by atoms with Crippen LogP contribution < -0.4 is 0 Å². The molecule has 0 atom stereocenters. The van der Waals surface area contributed by atoms with E-state index in [-0.39, 0.29) is 6.61 Å². The van der Waals surface area contributed by atoms with E-state index in [1.165, 1.54) is 0 Å². The standard InChI is InChI=1S/C8H13NO/c1-3-5-6-8(7-10)9-4-2/h3-4,6,10H,1,5,7H2,2H3/b8-6-,9-4?. The SMILES string of the molecule is C=CC/C=C(/CO)N=CC. The molecule has 0 fully saturated rings. The van der Waals surface area contributed by atoms with Crippen LogP contribution in [0.2, 0.25) is 0 Å². The fourth-order valence-corrected chi connectivity index (χ4v) is 0.543. The minimum absolute atomic E-state index is 0.00181. The van der Waals surface area contributed by atoms with Gasteiger partial charge in [0.25, 0.3) is 0 Å². The topological polar surface area (TPSA) is 32.6 Å². The third-order valence-electron chi connectivity index (χ3n) is 0.977. The molecule has 0 rings (SSSR count). The fraction of sp³-hybridized carbons (Fsp3) is 0.375. The van der Waals surface area contributed by atoms with Gasteiger partial charge >= 0.3 is 0 Å². The smallest absolute Gasteiger partial charge is 0.0849 e. The second-order valence-electron chi connectivity index (χ2n) is 1.77. The molecule has 0 aromatic heterocycles. The Kier molecular flexibility index (Phi) is 5.68. The Bertz CT molecular complexity index is 147. The van der Waals surface area contributed by atoms with Crippen LogP contribution in [0.5, 0.6) is 0 Å². The van der Waals surface area contributed by atoms with Crippen LogP contribution in [0.3, 0.4) is 0 Å². The summed E-state index contributed by atoms with van der Waals surface area (Å²) < 4.78 is 0. The van der Waals surface area contributed by atoms with Crippen molar-refractivity contribution in [3.8, 4) is 0 Å². The molecule has 0 saturated carbocycles. The molecule has 0 aliphatic rings. The quantitative estimate of drug-likeness (QED) is 0.465. The van der Waals surface area contributed by atoms with Crippen molar-refractivity contribution < 1.29 is 5.11 Å². The Hall–Kier alpha value is -0.890. The summed E-state index contributed by atoms with van der Waals surface area (Å²) in [6.45, 7) is 5.36. The summed E-state index contributed by atoms with van der Waals surface area (Å²) in [5.74, 6) is 0. The van der Waals surface area contributed by atoms with Crippen molar-refractivity contribution in [2.75, 3.05) is 6.61 Å². The molecule has 1 N–H and O–H groups in total. The highest BCUT2D eigenvalue weighted by atomic mass is 16.3. The highest BCUT2D eigenvalue weighted by Crippen LogP contribution is 1.96. The molecular formula is C8H13NO. The van der Waals surface area contributed by atoms with Gasteiger partial charge in [-0.3, -0.25) is 4.99 Å². The van der Waals surface area contributed by atoms with E-state index in [1.54, 1.807) is 12.3 Å². The lowest BCUT2D eigenvalue weighted by atomic mass is 10.3. The molecule has 0 aliphatic carbocycles. The Morgan fingerprint density at radius 2 is 2.40 bits per heavy atom. The summed E-state index contributed by atoms with van der Waals surface area (Å²) in [7, 11) is 0. The third-order valence-corrected chi connectivity index (χ3v) is 0.977. The molecule has 2 nitrogen and oxygen atoms in total. The number of allylic oxidation sites excluding steroid dienone is 2. The summed E-state index contributed by atoms with van der Waals surface area (Å²) in [5, 5.41) is 8.67. The predicted octanol–water partition coefficient (Wildman–Crippen LogP) is 1.53. The van der Waals surface area contributed by atoms with E-state index < -0.39 is 0 Å². The summed E-state index contributed by atoms with van der Waals surface area (Å²) in [4.78, 5) is 3.92. The molecule has 0 amide bonds. The molecule has 0 aliphatic heterocycles. The molecule has 0 heterocycles. The Balaban J connectivity index is 3.90. The van der Waals surface area contributed by atoms with Crippen molar-refractivity contribution in [1.82, 2.24) is 0 Å². The maximum atomic E-state index is 8.67.